The lowest BCUT2D eigenvalue weighted by atomic mass is 10.0. The van der Waals surface area contributed by atoms with Gasteiger partial charge in [0.15, 0.2) is 0 Å². The van der Waals surface area contributed by atoms with Gasteiger partial charge in [-0.3, -0.25) is 13.8 Å². The van der Waals surface area contributed by atoms with Crippen molar-refractivity contribution in [3.05, 3.63) is 85.1 Å². The zero-order valence-corrected chi connectivity index (χ0v) is 58.4. The molecule has 9 heteroatoms. The third kappa shape index (κ3) is 69.2. The molecule has 0 rings (SSSR count). The average molecular weight is 1220 g/mol. The van der Waals surface area contributed by atoms with Crippen LogP contribution < -0.4 is 5.32 Å². The van der Waals surface area contributed by atoms with Crippen molar-refractivity contribution in [1.29, 1.82) is 0 Å². The van der Waals surface area contributed by atoms with Crippen molar-refractivity contribution in [2.45, 2.75) is 360 Å². The van der Waals surface area contributed by atoms with E-state index in [0.717, 1.165) is 70.6 Å². The number of phosphoric acid groups is 1. The number of rotatable bonds is 68. The number of quaternary nitrogens is 1. The van der Waals surface area contributed by atoms with Crippen LogP contribution in [0, 0.1) is 0 Å². The van der Waals surface area contributed by atoms with E-state index >= 15 is 0 Å². The highest BCUT2D eigenvalue weighted by Gasteiger charge is 2.28. The summed E-state index contributed by atoms with van der Waals surface area (Å²) in [5.41, 5.74) is 0. The number of allylic oxidation sites excluding steroid dienone is 13. The number of aliphatic hydroxyl groups is 1. The minimum absolute atomic E-state index is 0.0563. The number of nitrogens with zero attached hydrogens (tertiary/aromatic N) is 1. The lowest BCUT2D eigenvalue weighted by molar-refractivity contribution is -0.870. The smallest absolute Gasteiger partial charge is 0.387 e. The van der Waals surface area contributed by atoms with Crippen molar-refractivity contribution in [1.82, 2.24) is 5.32 Å². The maximum Gasteiger partial charge on any atom is 0.472 e. The molecule has 0 heterocycles. The van der Waals surface area contributed by atoms with Gasteiger partial charge < -0.3 is 19.8 Å². The Labute approximate surface area is 535 Å². The summed E-state index contributed by atoms with van der Waals surface area (Å²) >= 11 is 0. The van der Waals surface area contributed by atoms with Crippen LogP contribution in [0.5, 0.6) is 0 Å². The fourth-order valence-electron chi connectivity index (χ4n) is 10.9. The van der Waals surface area contributed by atoms with Gasteiger partial charge in [0.1, 0.15) is 13.2 Å². The zero-order valence-electron chi connectivity index (χ0n) is 57.6. The van der Waals surface area contributed by atoms with Gasteiger partial charge in [-0.1, -0.05) is 349 Å². The minimum Gasteiger partial charge on any atom is -0.387 e. The van der Waals surface area contributed by atoms with Crippen LogP contribution in [0.2, 0.25) is 0 Å². The Balaban J connectivity index is 3.96. The van der Waals surface area contributed by atoms with Gasteiger partial charge >= 0.3 is 7.82 Å². The topological polar surface area (TPSA) is 105 Å². The first-order valence-electron chi connectivity index (χ1n) is 37.0. The number of nitrogens with one attached hydrogen (secondary N) is 1. The van der Waals surface area contributed by atoms with Gasteiger partial charge in [0.2, 0.25) is 5.91 Å². The molecule has 0 aromatic carbocycles. The molecule has 0 aliphatic carbocycles. The first kappa shape index (κ1) is 83.7. The molecule has 0 aliphatic rings. The molecular weight excluding hydrogens is 1080 g/mol. The highest BCUT2D eigenvalue weighted by Crippen LogP contribution is 2.43. The summed E-state index contributed by atoms with van der Waals surface area (Å²) in [6.07, 6.45) is 96.2. The number of carbonyl (C=O) groups is 1. The second-order valence-corrected chi connectivity index (χ2v) is 27.7. The molecule has 0 bridgehead atoms. The van der Waals surface area contributed by atoms with E-state index in [0.29, 0.717) is 17.4 Å². The second kappa shape index (κ2) is 67.1. The maximum absolute atomic E-state index is 13.1. The quantitative estimate of drug-likeness (QED) is 0.0243. The maximum atomic E-state index is 13.1. The zero-order chi connectivity index (χ0) is 62.6. The molecule has 1 amide bonds. The highest BCUT2D eigenvalue weighted by atomic mass is 31.2. The lowest BCUT2D eigenvalue weighted by Gasteiger charge is -2.25. The van der Waals surface area contributed by atoms with Crippen molar-refractivity contribution in [2.24, 2.45) is 0 Å². The van der Waals surface area contributed by atoms with E-state index in [1.807, 2.05) is 27.2 Å². The van der Waals surface area contributed by atoms with E-state index in [4.69, 9.17) is 9.05 Å². The molecule has 0 saturated carbocycles. The number of phosphoric ester groups is 1. The van der Waals surface area contributed by atoms with E-state index < -0.39 is 20.0 Å². The second-order valence-electron chi connectivity index (χ2n) is 26.3. The average Bonchev–Trinajstić information content (AvgIpc) is 3.70. The van der Waals surface area contributed by atoms with Crippen LogP contribution in [-0.4, -0.2) is 73.4 Å². The van der Waals surface area contributed by atoms with Gasteiger partial charge in [0.05, 0.1) is 39.9 Å². The van der Waals surface area contributed by atoms with Crippen LogP contribution in [0.4, 0.5) is 0 Å². The molecule has 0 radical (unpaired) electrons. The first-order valence-corrected chi connectivity index (χ1v) is 38.5. The van der Waals surface area contributed by atoms with Crippen molar-refractivity contribution in [3.63, 3.8) is 0 Å². The normalized spacial score (nSPS) is 14.1. The summed E-state index contributed by atoms with van der Waals surface area (Å²) in [7, 11) is 1.57. The lowest BCUT2D eigenvalue weighted by Crippen LogP contribution is -2.45. The SMILES string of the molecule is CC/C=C\C/C=C\C/C=C\C/C=C\C/C=C\CCCCCCCCCCCCCCCCCCCCCCCCCCCC(=O)NC(COP(=O)(O)OCC[N+](C)(C)C)C(O)/C=C/CC/C=C/CCCCCCCCCCCCCCCCCCC. The molecule has 0 saturated heterocycles. The number of amides is 1. The van der Waals surface area contributed by atoms with Gasteiger partial charge in [-0.2, -0.15) is 0 Å². The number of hydrogen-bond acceptors (Lipinski definition) is 5. The van der Waals surface area contributed by atoms with Gasteiger partial charge in [0.25, 0.3) is 0 Å². The molecule has 3 N–H and O–H groups in total. The number of likely N-dealkylation sites (N-methyl/N-ethyl adjacent to an activating group) is 1. The van der Waals surface area contributed by atoms with E-state index in [9.17, 15) is 19.4 Å². The molecule has 8 nitrogen and oxygen atoms in total. The Hall–Kier alpha value is -2.32. The van der Waals surface area contributed by atoms with Crippen LogP contribution in [0.3, 0.4) is 0 Å². The highest BCUT2D eigenvalue weighted by molar-refractivity contribution is 7.47. The summed E-state index contributed by atoms with van der Waals surface area (Å²) in [6.45, 7) is 4.72. The number of carbonyl (C=O) groups excluding carboxylic acids is 1. The van der Waals surface area contributed by atoms with E-state index in [1.165, 1.54) is 257 Å². The Morgan fingerprint density at radius 3 is 1.07 bits per heavy atom. The van der Waals surface area contributed by atoms with Crippen molar-refractivity contribution < 1.29 is 32.9 Å². The van der Waals surface area contributed by atoms with Crippen LogP contribution in [-0.2, 0) is 18.4 Å². The molecule has 0 aromatic heterocycles. The Kier molecular flexibility index (Phi) is 65.3. The Morgan fingerprint density at radius 1 is 0.407 bits per heavy atom. The fraction of sp³-hybridized carbons (Fsp3) is 0.805. The molecule has 86 heavy (non-hydrogen) atoms. The van der Waals surface area contributed by atoms with Crippen LogP contribution in [0.1, 0.15) is 348 Å². The summed E-state index contributed by atoms with van der Waals surface area (Å²) in [6, 6.07) is -0.866. The van der Waals surface area contributed by atoms with Gasteiger partial charge in [-0.05, 0) is 77.0 Å². The Morgan fingerprint density at radius 2 is 0.709 bits per heavy atom. The van der Waals surface area contributed by atoms with E-state index in [2.05, 4.69) is 92.1 Å². The predicted molar refractivity (Wildman–Crippen MR) is 378 cm³/mol. The van der Waals surface area contributed by atoms with Gasteiger partial charge in [-0.15, -0.1) is 0 Å². The summed E-state index contributed by atoms with van der Waals surface area (Å²) < 4.78 is 23.8. The molecule has 0 aliphatic heterocycles. The van der Waals surface area contributed by atoms with Crippen LogP contribution >= 0.6 is 7.82 Å². The van der Waals surface area contributed by atoms with Crippen LogP contribution in [0.25, 0.3) is 0 Å². The molecule has 502 valence electrons. The van der Waals surface area contributed by atoms with Crippen molar-refractivity contribution in [2.75, 3.05) is 40.9 Å². The van der Waals surface area contributed by atoms with Gasteiger partial charge in [0, 0.05) is 6.42 Å². The summed E-state index contributed by atoms with van der Waals surface area (Å²) in [5.74, 6) is -0.181. The Bertz CT molecular complexity index is 1680. The fourth-order valence-corrected chi connectivity index (χ4v) is 11.6. The third-order valence-electron chi connectivity index (χ3n) is 16.6. The number of hydrogen-bond donors (Lipinski definition) is 3. The summed E-state index contributed by atoms with van der Waals surface area (Å²) in [5, 5.41) is 14.0. The third-order valence-corrected chi connectivity index (χ3v) is 17.6. The largest absolute Gasteiger partial charge is 0.472 e. The molecular formula is C77H144N2O6P+. The first-order chi connectivity index (χ1) is 42.0. The van der Waals surface area contributed by atoms with Crippen LogP contribution in [0.15, 0.2) is 85.1 Å². The molecule has 3 unspecified atom stereocenters. The van der Waals surface area contributed by atoms with E-state index in [1.54, 1.807) is 6.08 Å². The predicted octanol–water partition coefficient (Wildman–Crippen LogP) is 23.9. The van der Waals surface area contributed by atoms with Crippen molar-refractivity contribution in [3.8, 4) is 0 Å². The van der Waals surface area contributed by atoms with Crippen molar-refractivity contribution >= 4 is 13.7 Å². The molecule has 0 aromatic rings. The van der Waals surface area contributed by atoms with E-state index in [-0.39, 0.29) is 19.1 Å². The number of unbranched alkanes of at least 4 members (excludes halogenated alkanes) is 43. The number of aliphatic hydroxyl groups excluding tert-OH is 1. The molecule has 3 atom stereocenters. The summed E-state index contributed by atoms with van der Waals surface area (Å²) in [4.78, 5) is 23.4. The van der Waals surface area contributed by atoms with Gasteiger partial charge in [-0.25, -0.2) is 4.57 Å². The minimum atomic E-state index is -4.36. The molecule has 0 fully saturated rings. The molecule has 0 spiro atoms. The monoisotopic (exact) mass is 1220 g/mol. The standard InChI is InChI=1S/C77H143N2O6P/c1-6-8-10-12-14-16-18-20-22-24-26-28-30-31-32-33-34-35-36-37-38-39-40-41-42-43-44-45-46-47-49-51-53-55-57-59-61-63-65-67-69-71-77(81)78-75(74-85-86(82,83)84-73-72-79(3,4)5)76(80)70-68-66-64-62-60-58-56-54-52-50-48-29-27-25-23-21-19-17-15-13-11-9-7-2/h8,10,14,16,20,22,26,28,31-32,60,62,68,70,75-76,80H,6-7,9,11-13,15,17-19,21,23-25,27,29-30,33-59,61,63-67,69,71-74H2,1-5H3,(H-,78,81,82,83)/p+1/b10-8-,16-14-,22-20-,28-26-,32-31-,62-60+,70-68+.